The zero-order valence-electron chi connectivity index (χ0n) is 14.8. The second-order valence-electron chi connectivity index (χ2n) is 5.33. The third kappa shape index (κ3) is 8.23. The lowest BCUT2D eigenvalue weighted by molar-refractivity contribution is -0.404. The zero-order chi connectivity index (χ0) is 20.2. The van der Waals surface area contributed by atoms with E-state index in [1.54, 1.807) is 30.1 Å². The molecule has 2 heterocycles. The van der Waals surface area contributed by atoms with Crippen LogP contribution in [0.1, 0.15) is 11.4 Å². The molecule has 2 rings (SSSR count). The highest BCUT2D eigenvalue weighted by Gasteiger charge is 2.06. The third-order valence-corrected chi connectivity index (χ3v) is 5.56. The molecular formula is C15H20ClN7O3S2. The number of nitrogens with zero attached hydrogens (tertiary/aromatic N) is 4. The Labute approximate surface area is 175 Å². The SMILES string of the molecule is O=[N+]([O-])C=C(NCCSCc1ncccc1Cl)NCCSCc1nn[nH]c1O. The Morgan fingerprint density at radius 3 is 2.54 bits per heavy atom. The summed E-state index contributed by atoms with van der Waals surface area (Å²) in [5.41, 5.74) is 1.30. The molecule has 0 amide bonds. The van der Waals surface area contributed by atoms with Crippen LogP contribution in [0.5, 0.6) is 5.88 Å². The molecule has 0 radical (unpaired) electrons. The summed E-state index contributed by atoms with van der Waals surface area (Å²) < 4.78 is 0. The smallest absolute Gasteiger partial charge is 0.274 e. The van der Waals surface area contributed by atoms with Gasteiger partial charge in [0.25, 0.3) is 6.20 Å². The zero-order valence-corrected chi connectivity index (χ0v) is 17.2. The summed E-state index contributed by atoms with van der Waals surface area (Å²) in [6, 6.07) is 3.58. The maximum atomic E-state index is 10.8. The van der Waals surface area contributed by atoms with Gasteiger partial charge >= 0.3 is 0 Å². The first-order valence-corrected chi connectivity index (χ1v) is 10.9. The molecule has 4 N–H and O–H groups in total. The standard InChI is InChI=1S/C15H20ClN7O3S2/c16-11-2-1-3-17-12(11)9-27-6-4-18-14(8-23(25)26)19-5-7-28-10-13-15(24)21-22-20-13/h1-3,8,18-19H,4-7,9-10H2,(H2,20,21,22,24). The number of aromatic nitrogens is 4. The number of hydrogen-bond acceptors (Lipinski definition) is 10. The van der Waals surface area contributed by atoms with Crippen LogP contribution >= 0.6 is 35.1 Å². The van der Waals surface area contributed by atoms with E-state index in [0.717, 1.165) is 17.6 Å². The summed E-state index contributed by atoms with van der Waals surface area (Å²) in [4.78, 5) is 14.5. The number of H-pyrrole nitrogens is 1. The van der Waals surface area contributed by atoms with E-state index in [1.165, 1.54) is 11.8 Å². The largest absolute Gasteiger partial charge is 0.492 e. The fraction of sp³-hybridized carbons (Fsp3) is 0.400. The molecule has 2 aromatic rings. The van der Waals surface area contributed by atoms with E-state index >= 15 is 0 Å². The lowest BCUT2D eigenvalue weighted by Crippen LogP contribution is -2.30. The first-order chi connectivity index (χ1) is 13.6. The number of pyridine rings is 1. The predicted octanol–water partition coefficient (Wildman–Crippen LogP) is 1.98. The average molecular weight is 446 g/mol. The maximum absolute atomic E-state index is 10.8. The van der Waals surface area contributed by atoms with Crippen molar-refractivity contribution in [2.45, 2.75) is 11.5 Å². The van der Waals surface area contributed by atoms with Crippen molar-refractivity contribution in [2.24, 2.45) is 0 Å². The van der Waals surface area contributed by atoms with Crippen molar-refractivity contribution < 1.29 is 10.0 Å². The van der Waals surface area contributed by atoms with Crippen molar-refractivity contribution in [2.75, 3.05) is 24.6 Å². The Morgan fingerprint density at radius 1 is 1.29 bits per heavy atom. The summed E-state index contributed by atoms with van der Waals surface area (Å²) in [7, 11) is 0. The fourth-order valence-electron chi connectivity index (χ4n) is 1.98. The lowest BCUT2D eigenvalue weighted by Gasteiger charge is -2.11. The van der Waals surface area contributed by atoms with Crippen LogP contribution in [0.2, 0.25) is 5.02 Å². The van der Waals surface area contributed by atoms with Crippen molar-refractivity contribution >= 4 is 35.1 Å². The molecule has 0 spiro atoms. The summed E-state index contributed by atoms with van der Waals surface area (Å²) in [6.45, 7) is 1.08. The van der Waals surface area contributed by atoms with Gasteiger partial charge in [0.2, 0.25) is 5.88 Å². The number of aromatic amines is 1. The molecular weight excluding hydrogens is 426 g/mol. The third-order valence-electron chi connectivity index (χ3n) is 3.27. The molecule has 13 heteroatoms. The minimum Gasteiger partial charge on any atom is -0.492 e. The molecule has 0 aromatic carbocycles. The Hall–Kier alpha value is -2.18. The first-order valence-electron chi connectivity index (χ1n) is 8.23. The molecule has 0 aliphatic carbocycles. The molecule has 0 bridgehead atoms. The molecule has 152 valence electrons. The van der Waals surface area contributed by atoms with Gasteiger partial charge in [-0.2, -0.15) is 23.5 Å². The molecule has 0 saturated carbocycles. The van der Waals surface area contributed by atoms with E-state index in [1.807, 2.05) is 0 Å². The summed E-state index contributed by atoms with van der Waals surface area (Å²) in [5, 5.41) is 36.4. The molecule has 0 aliphatic heterocycles. The normalized spacial score (nSPS) is 11.4. The van der Waals surface area contributed by atoms with Crippen LogP contribution in [0, 0.1) is 10.1 Å². The van der Waals surface area contributed by atoms with E-state index in [9.17, 15) is 15.2 Å². The van der Waals surface area contributed by atoms with E-state index in [2.05, 4.69) is 31.0 Å². The van der Waals surface area contributed by atoms with Crippen LogP contribution in [0.15, 0.2) is 30.4 Å². The van der Waals surface area contributed by atoms with Crippen LogP contribution in [0.4, 0.5) is 0 Å². The second-order valence-corrected chi connectivity index (χ2v) is 7.94. The molecule has 0 atom stereocenters. The number of nitrogens with one attached hydrogen (secondary N) is 3. The van der Waals surface area contributed by atoms with E-state index < -0.39 is 4.92 Å². The van der Waals surface area contributed by atoms with Gasteiger partial charge in [-0.15, -0.1) is 5.10 Å². The molecule has 0 saturated heterocycles. The van der Waals surface area contributed by atoms with Crippen LogP contribution in [0.3, 0.4) is 0 Å². The summed E-state index contributed by atoms with van der Waals surface area (Å²) in [5.74, 6) is 2.90. The van der Waals surface area contributed by atoms with Crippen LogP contribution in [-0.4, -0.2) is 55.0 Å². The number of nitro groups is 1. The molecule has 28 heavy (non-hydrogen) atoms. The Morgan fingerprint density at radius 2 is 1.96 bits per heavy atom. The van der Waals surface area contributed by atoms with Crippen LogP contribution in [-0.2, 0) is 11.5 Å². The highest BCUT2D eigenvalue weighted by atomic mass is 35.5. The molecule has 10 nitrogen and oxygen atoms in total. The molecule has 0 aliphatic rings. The number of halogens is 1. The summed E-state index contributed by atoms with van der Waals surface area (Å²) in [6.07, 6.45) is 2.61. The van der Waals surface area contributed by atoms with Gasteiger partial charge in [-0.25, -0.2) is 5.10 Å². The molecule has 0 fully saturated rings. The van der Waals surface area contributed by atoms with Crippen molar-refractivity contribution in [3.05, 3.63) is 56.9 Å². The monoisotopic (exact) mass is 445 g/mol. The number of aromatic hydroxyl groups is 1. The van der Waals surface area contributed by atoms with E-state index in [0.29, 0.717) is 46.9 Å². The van der Waals surface area contributed by atoms with Gasteiger partial charge in [0.15, 0.2) is 5.82 Å². The Balaban J connectivity index is 1.63. The van der Waals surface area contributed by atoms with Gasteiger partial charge in [0, 0.05) is 42.3 Å². The van der Waals surface area contributed by atoms with Gasteiger partial charge in [0.1, 0.15) is 5.69 Å². The second kappa shape index (κ2) is 12.3. The van der Waals surface area contributed by atoms with Crippen LogP contribution in [0.25, 0.3) is 0 Å². The minimum absolute atomic E-state index is 0.0412. The summed E-state index contributed by atoms with van der Waals surface area (Å²) >= 11 is 9.22. The lowest BCUT2D eigenvalue weighted by atomic mass is 10.4. The van der Waals surface area contributed by atoms with Crippen molar-refractivity contribution in [1.82, 2.24) is 31.0 Å². The average Bonchev–Trinajstić information content (AvgIpc) is 3.06. The Bertz CT molecular complexity index is 790. The number of rotatable bonds is 13. The van der Waals surface area contributed by atoms with Gasteiger partial charge in [-0.1, -0.05) is 16.8 Å². The fourth-order valence-corrected chi connectivity index (χ4v) is 3.84. The van der Waals surface area contributed by atoms with Crippen LogP contribution < -0.4 is 10.6 Å². The van der Waals surface area contributed by atoms with Gasteiger partial charge < -0.3 is 15.7 Å². The van der Waals surface area contributed by atoms with Crippen molar-refractivity contribution in [3.8, 4) is 5.88 Å². The maximum Gasteiger partial charge on any atom is 0.274 e. The molecule has 0 unspecified atom stereocenters. The van der Waals surface area contributed by atoms with E-state index in [4.69, 9.17) is 11.6 Å². The van der Waals surface area contributed by atoms with E-state index in [-0.39, 0.29) is 5.88 Å². The van der Waals surface area contributed by atoms with Crippen molar-refractivity contribution in [1.29, 1.82) is 0 Å². The highest BCUT2D eigenvalue weighted by Crippen LogP contribution is 2.18. The topological polar surface area (TPSA) is 142 Å². The highest BCUT2D eigenvalue weighted by molar-refractivity contribution is 7.98. The minimum atomic E-state index is -0.503. The number of thioether (sulfide) groups is 2. The number of hydrogen-bond donors (Lipinski definition) is 4. The van der Waals surface area contributed by atoms with Gasteiger partial charge in [0.05, 0.1) is 15.6 Å². The first kappa shape index (κ1) is 22.1. The van der Waals surface area contributed by atoms with Gasteiger partial charge in [-0.05, 0) is 12.1 Å². The molecule has 2 aromatic heterocycles. The van der Waals surface area contributed by atoms with Crippen molar-refractivity contribution in [3.63, 3.8) is 0 Å². The Kier molecular flexibility index (Phi) is 9.72. The predicted molar refractivity (Wildman–Crippen MR) is 111 cm³/mol. The quantitative estimate of drug-likeness (QED) is 0.205. The van der Waals surface area contributed by atoms with Gasteiger partial charge in [-0.3, -0.25) is 15.1 Å².